The van der Waals surface area contributed by atoms with Crippen molar-refractivity contribution in [2.24, 2.45) is 10.7 Å². The van der Waals surface area contributed by atoms with E-state index in [2.05, 4.69) is 15.5 Å². The van der Waals surface area contributed by atoms with E-state index in [0.29, 0.717) is 65.9 Å². The Morgan fingerprint density at radius 1 is 1.00 bits per heavy atom. The van der Waals surface area contributed by atoms with Crippen LogP contribution in [0.3, 0.4) is 0 Å². The number of benzene rings is 3. The number of methoxy groups -OCH3 is 1. The molecule has 0 fully saturated rings. The van der Waals surface area contributed by atoms with Crippen LogP contribution in [0.4, 0.5) is 5.69 Å². The van der Waals surface area contributed by atoms with Gasteiger partial charge in [-0.3, -0.25) is 14.4 Å². The van der Waals surface area contributed by atoms with Gasteiger partial charge in [-0.05, 0) is 61.5 Å². The second kappa shape index (κ2) is 12.9. The molecule has 0 aliphatic carbocycles. The van der Waals surface area contributed by atoms with Crippen LogP contribution < -0.4 is 20.5 Å². The van der Waals surface area contributed by atoms with Crippen molar-refractivity contribution in [1.82, 2.24) is 14.8 Å². The Morgan fingerprint density at radius 3 is 2.49 bits per heavy atom. The number of fused-ring (bicyclic) bond motifs is 3. The zero-order valence-electron chi connectivity index (χ0n) is 22.8. The van der Waals surface area contributed by atoms with Crippen molar-refractivity contribution in [2.75, 3.05) is 38.8 Å². The first-order valence-electron chi connectivity index (χ1n) is 13.2. The van der Waals surface area contributed by atoms with Crippen molar-refractivity contribution in [3.8, 4) is 17.2 Å². The van der Waals surface area contributed by atoms with E-state index in [-0.39, 0.29) is 12.3 Å². The maximum absolute atomic E-state index is 13.3. The highest BCUT2D eigenvalue weighted by Crippen LogP contribution is 2.34. The summed E-state index contributed by atoms with van der Waals surface area (Å²) in [5.74, 6) is 2.41. The summed E-state index contributed by atoms with van der Waals surface area (Å²) in [6.45, 7) is 3.72. The van der Waals surface area contributed by atoms with E-state index in [1.165, 1.54) is 0 Å². The Kier molecular flexibility index (Phi) is 8.93. The normalized spacial score (nSPS) is 14.0. The number of aliphatic imine (C=N–C) groups is 1. The van der Waals surface area contributed by atoms with E-state index in [4.69, 9.17) is 36.5 Å². The minimum absolute atomic E-state index is 0.0527. The molecule has 0 saturated carbocycles. The van der Waals surface area contributed by atoms with Crippen LogP contribution in [-0.4, -0.2) is 59.9 Å². The first-order valence-corrected chi connectivity index (χ1v) is 13.6. The summed E-state index contributed by atoms with van der Waals surface area (Å²) in [7, 11) is 1.62. The summed E-state index contributed by atoms with van der Waals surface area (Å²) in [5.41, 5.74) is 9.30. The molecular formula is C30H31ClN6O4. The molecule has 1 amide bonds. The van der Waals surface area contributed by atoms with Gasteiger partial charge >= 0.3 is 0 Å². The molecule has 3 N–H and O–H groups in total. The largest absolute Gasteiger partial charge is 0.497 e. The molecule has 1 aliphatic heterocycles. The number of hydrogen-bond acceptors (Lipinski definition) is 8. The van der Waals surface area contributed by atoms with Crippen molar-refractivity contribution in [3.63, 3.8) is 0 Å². The Morgan fingerprint density at radius 2 is 1.76 bits per heavy atom. The number of rotatable bonds is 11. The van der Waals surface area contributed by atoms with Gasteiger partial charge in [0.1, 0.15) is 30.0 Å². The van der Waals surface area contributed by atoms with Crippen molar-refractivity contribution < 1.29 is 19.0 Å². The number of halogens is 1. The van der Waals surface area contributed by atoms with Crippen LogP contribution in [-0.2, 0) is 9.53 Å². The zero-order valence-corrected chi connectivity index (χ0v) is 23.6. The first kappa shape index (κ1) is 28.3. The smallest absolute Gasteiger partial charge is 0.227 e. The van der Waals surface area contributed by atoms with Gasteiger partial charge in [0, 0.05) is 28.4 Å². The fourth-order valence-electron chi connectivity index (χ4n) is 4.60. The van der Waals surface area contributed by atoms with Crippen LogP contribution in [0.15, 0.2) is 71.7 Å². The molecule has 41 heavy (non-hydrogen) atoms. The van der Waals surface area contributed by atoms with Gasteiger partial charge in [-0.1, -0.05) is 23.7 Å². The third-order valence-corrected chi connectivity index (χ3v) is 6.78. The lowest BCUT2D eigenvalue weighted by molar-refractivity contribution is -0.116. The van der Waals surface area contributed by atoms with Crippen LogP contribution in [0, 0.1) is 6.92 Å². The second-order valence-electron chi connectivity index (χ2n) is 9.35. The second-order valence-corrected chi connectivity index (χ2v) is 9.79. The average molecular weight is 575 g/mol. The molecule has 212 valence electrons. The number of anilines is 1. The Bertz CT molecular complexity index is 1540. The maximum atomic E-state index is 13.3. The highest BCUT2D eigenvalue weighted by molar-refractivity contribution is 6.30. The summed E-state index contributed by atoms with van der Waals surface area (Å²) < 4.78 is 18.5. The summed E-state index contributed by atoms with van der Waals surface area (Å²) in [6, 6.07) is 19.8. The maximum Gasteiger partial charge on any atom is 0.227 e. The lowest BCUT2D eigenvalue weighted by atomic mass is 10.00. The molecule has 0 saturated heterocycles. The number of aromatic nitrogens is 3. The molecule has 1 atom stereocenters. The van der Waals surface area contributed by atoms with Crippen molar-refractivity contribution in [1.29, 1.82) is 0 Å². The predicted molar refractivity (Wildman–Crippen MR) is 158 cm³/mol. The fourth-order valence-corrected chi connectivity index (χ4v) is 4.73. The van der Waals surface area contributed by atoms with Crippen molar-refractivity contribution in [3.05, 3.63) is 94.5 Å². The van der Waals surface area contributed by atoms with Gasteiger partial charge in [0.05, 0.1) is 38.1 Å². The molecule has 1 aromatic heterocycles. The van der Waals surface area contributed by atoms with E-state index >= 15 is 0 Å². The summed E-state index contributed by atoms with van der Waals surface area (Å²) in [5, 5.41) is 12.3. The predicted octanol–water partition coefficient (Wildman–Crippen LogP) is 4.51. The summed E-state index contributed by atoms with van der Waals surface area (Å²) in [4.78, 5) is 18.4. The molecule has 10 nitrogen and oxygen atoms in total. The van der Waals surface area contributed by atoms with Gasteiger partial charge in [-0.2, -0.15) is 0 Å². The zero-order chi connectivity index (χ0) is 28.8. The molecule has 3 aromatic carbocycles. The van der Waals surface area contributed by atoms with Gasteiger partial charge in [0.25, 0.3) is 0 Å². The average Bonchev–Trinajstić information content (AvgIpc) is 3.31. The fraction of sp³-hybridized carbons (Fsp3) is 0.267. The number of carbonyl (C=O) groups excluding carboxylic acids is 1. The number of nitrogens with one attached hydrogen (secondary N) is 1. The Balaban J connectivity index is 1.41. The lowest BCUT2D eigenvalue weighted by Gasteiger charge is -2.14. The van der Waals surface area contributed by atoms with E-state index in [1.807, 2.05) is 54.0 Å². The number of carbonyl (C=O) groups is 1. The third-order valence-electron chi connectivity index (χ3n) is 6.53. The molecule has 0 unspecified atom stereocenters. The molecule has 0 bridgehead atoms. The Labute approximate surface area is 243 Å². The Hall–Kier alpha value is -4.25. The van der Waals surface area contributed by atoms with Gasteiger partial charge in [0.15, 0.2) is 5.82 Å². The highest BCUT2D eigenvalue weighted by Gasteiger charge is 2.30. The monoisotopic (exact) mass is 574 g/mol. The van der Waals surface area contributed by atoms with Gasteiger partial charge in [-0.25, -0.2) is 0 Å². The van der Waals surface area contributed by atoms with Gasteiger partial charge in [0.2, 0.25) is 5.91 Å². The third kappa shape index (κ3) is 6.57. The summed E-state index contributed by atoms with van der Waals surface area (Å²) >= 11 is 6.18. The number of nitrogens with two attached hydrogens (primary N) is 1. The van der Waals surface area contributed by atoms with E-state index in [0.717, 1.165) is 16.8 Å². The molecular weight excluding hydrogens is 544 g/mol. The SMILES string of the molecule is COc1ccc2c(c1)C(c1ccc(Cl)cc1)=N[C@H](CC(=O)Nc1ccc(OCCOCCN)cc1)c1nnc(C)n1-2. The number of aryl methyl sites for hydroxylation is 1. The van der Waals surface area contributed by atoms with Crippen LogP contribution in [0.5, 0.6) is 11.5 Å². The van der Waals surface area contributed by atoms with E-state index < -0.39 is 6.04 Å². The molecule has 2 heterocycles. The van der Waals surface area contributed by atoms with E-state index in [9.17, 15) is 4.79 Å². The van der Waals surface area contributed by atoms with Crippen molar-refractivity contribution >= 4 is 28.9 Å². The molecule has 0 spiro atoms. The highest BCUT2D eigenvalue weighted by atomic mass is 35.5. The molecule has 0 radical (unpaired) electrons. The number of hydrogen-bond donors (Lipinski definition) is 2. The van der Waals surface area contributed by atoms with Crippen LogP contribution in [0.2, 0.25) is 5.02 Å². The van der Waals surface area contributed by atoms with E-state index in [1.54, 1.807) is 31.4 Å². The minimum Gasteiger partial charge on any atom is -0.497 e. The molecule has 1 aliphatic rings. The molecule has 11 heteroatoms. The minimum atomic E-state index is -0.601. The van der Waals surface area contributed by atoms with Crippen LogP contribution >= 0.6 is 11.6 Å². The number of ether oxygens (including phenoxy) is 3. The van der Waals surface area contributed by atoms with Crippen LogP contribution in [0.1, 0.15) is 35.2 Å². The topological polar surface area (TPSA) is 126 Å². The number of nitrogens with zero attached hydrogens (tertiary/aromatic N) is 4. The van der Waals surface area contributed by atoms with Crippen molar-refractivity contribution in [2.45, 2.75) is 19.4 Å². The first-order chi connectivity index (χ1) is 20.0. The number of amides is 1. The van der Waals surface area contributed by atoms with Gasteiger partial charge in [-0.15, -0.1) is 10.2 Å². The lowest BCUT2D eigenvalue weighted by Crippen LogP contribution is -2.17. The van der Waals surface area contributed by atoms with Crippen LogP contribution in [0.25, 0.3) is 5.69 Å². The van der Waals surface area contributed by atoms with Gasteiger partial charge < -0.3 is 25.3 Å². The quantitative estimate of drug-likeness (QED) is 0.252. The molecule has 5 rings (SSSR count). The standard InChI is InChI=1S/C30H31ClN6O4/c1-19-35-36-30-26(18-28(38)33-22-7-9-23(10-8-22)41-16-15-40-14-13-32)34-29(20-3-5-21(31)6-4-20)25-17-24(39-2)11-12-27(25)37(19)30/h3-12,17,26H,13-16,18,32H2,1-2H3,(H,33,38)/t26-/m1/s1. The summed E-state index contributed by atoms with van der Waals surface area (Å²) in [6.07, 6.45) is 0.0527. The molecule has 4 aromatic rings.